The average molecular weight is 422 g/mol. The molecular formula is C26H31NO4. The molecule has 1 N–H and O–H groups in total. The summed E-state index contributed by atoms with van der Waals surface area (Å²) in [6.07, 6.45) is 1.73. The molecule has 0 amide bonds. The minimum atomic E-state index is -0.503. The summed E-state index contributed by atoms with van der Waals surface area (Å²) in [6.45, 7) is 14.3. The molecule has 0 aliphatic heterocycles. The minimum Gasteiger partial charge on any atom is -0.507 e. The molecule has 1 heterocycles. The number of carbonyl (C=O) groups is 1. The molecule has 0 bridgehead atoms. The first-order chi connectivity index (χ1) is 14.4. The van der Waals surface area contributed by atoms with Crippen molar-refractivity contribution in [2.45, 2.75) is 59.3 Å². The smallest absolute Gasteiger partial charge is 0.343 e. The van der Waals surface area contributed by atoms with Gasteiger partial charge in [0.1, 0.15) is 16.8 Å². The van der Waals surface area contributed by atoms with Crippen LogP contribution in [0.4, 0.5) is 0 Å². The van der Waals surface area contributed by atoms with E-state index < -0.39 is 5.97 Å². The molecule has 0 saturated carbocycles. The first kappa shape index (κ1) is 22.6. The zero-order valence-corrected chi connectivity index (χ0v) is 19.4. The van der Waals surface area contributed by atoms with Gasteiger partial charge in [0.25, 0.3) is 0 Å². The normalized spacial score (nSPS) is 12.9. The summed E-state index contributed by atoms with van der Waals surface area (Å²) >= 11 is 0. The lowest BCUT2D eigenvalue weighted by atomic mass is 9.78. The number of hydrogen-bond acceptors (Lipinski definition) is 5. The fourth-order valence-corrected chi connectivity index (χ4v) is 3.45. The number of benzene rings is 2. The van der Waals surface area contributed by atoms with E-state index in [9.17, 15) is 9.90 Å². The molecule has 1 aromatic heterocycles. The third-order valence-electron chi connectivity index (χ3n) is 5.08. The van der Waals surface area contributed by atoms with Crippen molar-refractivity contribution in [2.24, 2.45) is 0 Å². The SMILES string of the molecule is CCOC(=O)C(=Cc1cc(C(C)(C)C)c(O)c(C(C)(C)C)c1)c1nc2ccccc2o1. The van der Waals surface area contributed by atoms with Crippen LogP contribution < -0.4 is 0 Å². The number of hydrogen-bond donors (Lipinski definition) is 1. The zero-order valence-electron chi connectivity index (χ0n) is 19.4. The molecule has 0 fully saturated rings. The Hall–Kier alpha value is -3.08. The molecular weight excluding hydrogens is 390 g/mol. The van der Waals surface area contributed by atoms with Crippen LogP contribution in [0.25, 0.3) is 22.7 Å². The van der Waals surface area contributed by atoms with Gasteiger partial charge in [-0.3, -0.25) is 0 Å². The molecule has 0 aliphatic carbocycles. The highest BCUT2D eigenvalue weighted by molar-refractivity contribution is 6.20. The number of esters is 1. The van der Waals surface area contributed by atoms with Crippen LogP contribution in [0.15, 0.2) is 40.8 Å². The Kier molecular flexibility index (Phi) is 5.99. The third kappa shape index (κ3) is 4.82. The number of rotatable bonds is 4. The Morgan fingerprint density at radius 1 is 1.06 bits per heavy atom. The Bertz CT molecular complexity index is 1070. The summed E-state index contributed by atoms with van der Waals surface area (Å²) in [5.41, 5.74) is 3.35. The number of aromatic nitrogens is 1. The molecule has 164 valence electrons. The van der Waals surface area contributed by atoms with Crippen molar-refractivity contribution >= 4 is 28.7 Å². The topological polar surface area (TPSA) is 72.6 Å². The molecule has 2 aromatic carbocycles. The fourth-order valence-electron chi connectivity index (χ4n) is 3.45. The van der Waals surface area contributed by atoms with Crippen molar-refractivity contribution in [2.75, 3.05) is 6.61 Å². The van der Waals surface area contributed by atoms with E-state index in [-0.39, 0.29) is 34.7 Å². The lowest BCUT2D eigenvalue weighted by Gasteiger charge is -2.28. The highest BCUT2D eigenvalue weighted by atomic mass is 16.5. The van der Waals surface area contributed by atoms with Gasteiger partial charge >= 0.3 is 5.97 Å². The predicted molar refractivity (Wildman–Crippen MR) is 124 cm³/mol. The highest BCUT2D eigenvalue weighted by Gasteiger charge is 2.27. The summed E-state index contributed by atoms with van der Waals surface area (Å²) in [6, 6.07) is 11.2. The summed E-state index contributed by atoms with van der Waals surface area (Å²) < 4.78 is 11.1. The summed E-state index contributed by atoms with van der Waals surface area (Å²) in [7, 11) is 0. The van der Waals surface area contributed by atoms with Crippen LogP contribution in [0.3, 0.4) is 0 Å². The van der Waals surface area contributed by atoms with E-state index in [0.717, 1.165) is 16.7 Å². The van der Waals surface area contributed by atoms with Crippen LogP contribution in [0.2, 0.25) is 0 Å². The van der Waals surface area contributed by atoms with Crippen LogP contribution in [-0.2, 0) is 20.4 Å². The van der Waals surface area contributed by atoms with Gasteiger partial charge in [-0.1, -0.05) is 53.7 Å². The first-order valence-corrected chi connectivity index (χ1v) is 10.5. The Morgan fingerprint density at radius 2 is 1.65 bits per heavy atom. The third-order valence-corrected chi connectivity index (χ3v) is 5.08. The second-order valence-electron chi connectivity index (χ2n) is 9.73. The van der Waals surface area contributed by atoms with Gasteiger partial charge in [0.15, 0.2) is 5.58 Å². The number of aromatic hydroxyl groups is 1. The molecule has 0 radical (unpaired) electrons. The van der Waals surface area contributed by atoms with Crippen molar-refractivity contribution in [1.82, 2.24) is 4.98 Å². The average Bonchev–Trinajstić information content (AvgIpc) is 3.09. The highest BCUT2D eigenvalue weighted by Crippen LogP contribution is 2.40. The van der Waals surface area contributed by atoms with Gasteiger partial charge in [0.2, 0.25) is 5.89 Å². The Balaban J connectivity index is 2.25. The number of carbonyl (C=O) groups excluding carboxylic acids is 1. The first-order valence-electron chi connectivity index (χ1n) is 10.5. The van der Waals surface area contributed by atoms with E-state index in [1.54, 1.807) is 13.0 Å². The van der Waals surface area contributed by atoms with Gasteiger partial charge in [-0.15, -0.1) is 0 Å². The van der Waals surface area contributed by atoms with Gasteiger partial charge in [-0.2, -0.15) is 0 Å². The lowest BCUT2D eigenvalue weighted by molar-refractivity contribution is -0.136. The molecule has 3 aromatic rings. The van der Waals surface area contributed by atoms with Gasteiger partial charge < -0.3 is 14.3 Å². The molecule has 0 aliphatic rings. The molecule has 0 atom stereocenters. The van der Waals surface area contributed by atoms with Crippen LogP contribution >= 0.6 is 0 Å². The zero-order chi connectivity index (χ0) is 23.0. The number of oxazole rings is 1. The maximum absolute atomic E-state index is 12.8. The predicted octanol–water partition coefficient (Wildman–Crippen LogP) is 6.23. The van der Waals surface area contributed by atoms with Crippen LogP contribution in [-0.4, -0.2) is 22.7 Å². The molecule has 0 saturated heterocycles. The van der Waals surface area contributed by atoms with E-state index in [0.29, 0.717) is 11.1 Å². The van der Waals surface area contributed by atoms with Gasteiger partial charge in [0, 0.05) is 11.1 Å². The van der Waals surface area contributed by atoms with Crippen LogP contribution in [0.5, 0.6) is 5.75 Å². The van der Waals surface area contributed by atoms with E-state index >= 15 is 0 Å². The Labute approximate surface area is 183 Å². The van der Waals surface area contributed by atoms with Crippen LogP contribution in [0.1, 0.15) is 71.0 Å². The Morgan fingerprint density at radius 3 is 2.16 bits per heavy atom. The van der Waals surface area contributed by atoms with E-state index in [1.807, 2.05) is 36.4 Å². The molecule has 0 unspecified atom stereocenters. The van der Waals surface area contributed by atoms with Crippen molar-refractivity contribution < 1.29 is 19.1 Å². The second kappa shape index (κ2) is 8.22. The van der Waals surface area contributed by atoms with Gasteiger partial charge in [-0.25, -0.2) is 9.78 Å². The molecule has 5 heteroatoms. The maximum atomic E-state index is 12.8. The standard InChI is InChI=1S/C26H31NO4/c1-8-30-24(29)17(23-27-20-11-9-10-12-21(20)31-23)13-16-14-18(25(2,3)4)22(28)19(15-16)26(5,6)7/h9-15,28H,8H2,1-7H3. The summed E-state index contributed by atoms with van der Waals surface area (Å²) in [5.74, 6) is -0.00390. The second-order valence-corrected chi connectivity index (χ2v) is 9.73. The van der Waals surface area contributed by atoms with Gasteiger partial charge in [0.05, 0.1) is 6.61 Å². The monoisotopic (exact) mass is 421 g/mol. The van der Waals surface area contributed by atoms with Crippen molar-refractivity contribution in [3.8, 4) is 5.75 Å². The summed E-state index contributed by atoms with van der Waals surface area (Å²) in [5, 5.41) is 11.0. The summed E-state index contributed by atoms with van der Waals surface area (Å²) in [4.78, 5) is 17.3. The van der Waals surface area contributed by atoms with Crippen molar-refractivity contribution in [1.29, 1.82) is 0 Å². The number of phenolic OH excluding ortho intramolecular Hbond substituents is 1. The number of phenols is 1. The quantitative estimate of drug-likeness (QED) is 0.399. The number of fused-ring (bicyclic) bond motifs is 1. The molecule has 3 rings (SSSR count). The minimum absolute atomic E-state index is 0.211. The van der Waals surface area contributed by atoms with E-state index in [1.165, 1.54) is 0 Å². The van der Waals surface area contributed by atoms with Crippen LogP contribution in [0, 0.1) is 0 Å². The molecule has 31 heavy (non-hydrogen) atoms. The van der Waals surface area contributed by atoms with E-state index in [4.69, 9.17) is 9.15 Å². The largest absolute Gasteiger partial charge is 0.507 e. The van der Waals surface area contributed by atoms with Gasteiger partial charge in [-0.05, 0) is 53.7 Å². The lowest BCUT2D eigenvalue weighted by Crippen LogP contribution is -2.17. The van der Waals surface area contributed by atoms with Crippen molar-refractivity contribution in [3.05, 3.63) is 59.0 Å². The maximum Gasteiger partial charge on any atom is 0.343 e. The van der Waals surface area contributed by atoms with E-state index in [2.05, 4.69) is 46.5 Å². The fraction of sp³-hybridized carbons (Fsp3) is 0.385. The van der Waals surface area contributed by atoms with Crippen molar-refractivity contribution in [3.63, 3.8) is 0 Å². The molecule has 5 nitrogen and oxygen atoms in total. The number of para-hydroxylation sites is 2. The number of nitrogens with zero attached hydrogens (tertiary/aromatic N) is 1. The molecule has 0 spiro atoms. The number of ether oxygens (including phenoxy) is 1.